The second-order valence-electron chi connectivity index (χ2n) is 3.31. The van der Waals surface area contributed by atoms with Gasteiger partial charge in [-0.2, -0.15) is 0 Å². The summed E-state index contributed by atoms with van der Waals surface area (Å²) in [4.78, 5) is 8.34. The lowest BCUT2D eigenvalue weighted by atomic mass is 10.3. The van der Waals surface area contributed by atoms with Gasteiger partial charge in [0, 0.05) is 12.4 Å². The third kappa shape index (κ3) is 1.50. The molecular weight excluding hydrogens is 190 g/mol. The fourth-order valence-electron chi connectivity index (χ4n) is 1.52. The normalized spacial score (nSPS) is 10.9. The number of rotatable bonds is 2. The van der Waals surface area contributed by atoms with Gasteiger partial charge in [-0.05, 0) is 12.1 Å². The number of para-hydroxylation sites is 2. The van der Waals surface area contributed by atoms with Crippen LogP contribution in [0.2, 0.25) is 0 Å². The first-order chi connectivity index (χ1) is 7.42. The summed E-state index contributed by atoms with van der Waals surface area (Å²) in [5.74, 6) is 0.703. The Labute approximate surface area is 86.2 Å². The zero-order chi connectivity index (χ0) is 10.1. The number of benzene rings is 1. The van der Waals surface area contributed by atoms with Gasteiger partial charge in [0.2, 0.25) is 5.89 Å². The van der Waals surface area contributed by atoms with Gasteiger partial charge in [-0.25, -0.2) is 9.97 Å². The quantitative estimate of drug-likeness (QED) is 0.634. The molecule has 4 nitrogen and oxygen atoms in total. The van der Waals surface area contributed by atoms with Crippen molar-refractivity contribution < 1.29 is 4.42 Å². The van der Waals surface area contributed by atoms with Crippen LogP contribution in [0.4, 0.5) is 0 Å². The van der Waals surface area contributed by atoms with Crippen LogP contribution in [0.25, 0.3) is 11.1 Å². The summed E-state index contributed by atoms with van der Waals surface area (Å²) in [6.07, 6.45) is 5.37. The third-order valence-electron chi connectivity index (χ3n) is 2.22. The summed E-state index contributed by atoms with van der Waals surface area (Å²) in [5, 5.41) is 0. The van der Waals surface area contributed by atoms with Gasteiger partial charge in [0.25, 0.3) is 0 Å². The van der Waals surface area contributed by atoms with Crippen LogP contribution < -0.4 is 0 Å². The minimum atomic E-state index is 0.620. The molecule has 2 heterocycles. The molecule has 0 fully saturated rings. The van der Waals surface area contributed by atoms with Gasteiger partial charge in [-0.1, -0.05) is 12.1 Å². The molecule has 0 bridgehead atoms. The monoisotopic (exact) mass is 199 g/mol. The van der Waals surface area contributed by atoms with E-state index in [1.54, 1.807) is 12.5 Å². The Balaban J connectivity index is 1.98. The average Bonchev–Trinajstić information content (AvgIpc) is 2.86. The van der Waals surface area contributed by atoms with Crippen LogP contribution in [0.5, 0.6) is 0 Å². The summed E-state index contributed by atoms with van der Waals surface area (Å²) >= 11 is 0. The molecule has 0 radical (unpaired) electrons. The van der Waals surface area contributed by atoms with Gasteiger partial charge in [0.1, 0.15) is 12.1 Å². The lowest BCUT2D eigenvalue weighted by Crippen LogP contribution is -1.95. The van der Waals surface area contributed by atoms with Crippen LogP contribution >= 0.6 is 0 Å². The van der Waals surface area contributed by atoms with E-state index in [9.17, 15) is 0 Å². The van der Waals surface area contributed by atoms with E-state index in [-0.39, 0.29) is 0 Å². The molecule has 0 spiro atoms. The maximum absolute atomic E-state index is 5.58. The minimum Gasteiger partial charge on any atom is -0.439 e. The minimum absolute atomic E-state index is 0.620. The molecule has 0 aliphatic heterocycles. The molecule has 0 atom stereocenters. The number of hydrogen-bond acceptors (Lipinski definition) is 3. The van der Waals surface area contributed by atoms with E-state index >= 15 is 0 Å². The fraction of sp³-hybridized carbons (Fsp3) is 0.0909. The third-order valence-corrected chi connectivity index (χ3v) is 2.22. The maximum Gasteiger partial charge on any atom is 0.215 e. The van der Waals surface area contributed by atoms with Crippen LogP contribution in [-0.4, -0.2) is 14.5 Å². The predicted molar refractivity (Wildman–Crippen MR) is 55.3 cm³/mol. The first kappa shape index (κ1) is 8.23. The Kier molecular flexibility index (Phi) is 1.78. The molecule has 3 aromatic rings. The number of oxazole rings is 1. The smallest absolute Gasteiger partial charge is 0.215 e. The highest BCUT2D eigenvalue weighted by Crippen LogP contribution is 2.15. The van der Waals surface area contributed by atoms with E-state index < -0.39 is 0 Å². The molecule has 2 aromatic heterocycles. The molecule has 4 heteroatoms. The Morgan fingerprint density at radius 2 is 2.20 bits per heavy atom. The molecule has 0 N–H and O–H groups in total. The number of aromatic nitrogens is 3. The topological polar surface area (TPSA) is 43.9 Å². The van der Waals surface area contributed by atoms with E-state index in [2.05, 4.69) is 9.97 Å². The van der Waals surface area contributed by atoms with E-state index in [0.717, 1.165) is 11.1 Å². The molecule has 0 aliphatic carbocycles. The van der Waals surface area contributed by atoms with Gasteiger partial charge in [0.05, 0.1) is 6.33 Å². The average molecular weight is 199 g/mol. The van der Waals surface area contributed by atoms with E-state index in [1.165, 1.54) is 0 Å². The molecule has 1 aromatic carbocycles. The molecule has 0 saturated carbocycles. The molecule has 3 rings (SSSR count). The fourth-order valence-corrected chi connectivity index (χ4v) is 1.52. The predicted octanol–water partition coefficient (Wildman–Crippen LogP) is 2.07. The Morgan fingerprint density at radius 3 is 3.00 bits per heavy atom. The number of imidazole rings is 1. The standard InChI is InChI=1S/C11H9N3O/c1-2-4-10-9(3-1)13-11(15-10)7-14-6-5-12-8-14/h1-6,8H,7H2. The first-order valence-electron chi connectivity index (χ1n) is 4.72. The van der Waals surface area contributed by atoms with E-state index in [4.69, 9.17) is 4.42 Å². The summed E-state index contributed by atoms with van der Waals surface area (Å²) in [7, 11) is 0. The van der Waals surface area contributed by atoms with Gasteiger partial charge < -0.3 is 8.98 Å². The second-order valence-corrected chi connectivity index (χ2v) is 3.31. The van der Waals surface area contributed by atoms with Crippen molar-refractivity contribution in [2.45, 2.75) is 6.54 Å². The highest BCUT2D eigenvalue weighted by atomic mass is 16.3. The van der Waals surface area contributed by atoms with Crippen molar-refractivity contribution in [1.82, 2.24) is 14.5 Å². The van der Waals surface area contributed by atoms with Crippen LogP contribution in [0.3, 0.4) is 0 Å². The van der Waals surface area contributed by atoms with Gasteiger partial charge in [0.15, 0.2) is 5.58 Å². The van der Waals surface area contributed by atoms with Gasteiger partial charge in [-0.3, -0.25) is 0 Å². The SMILES string of the molecule is c1ccc2oc(Cn3ccnc3)nc2c1. The second kappa shape index (κ2) is 3.24. The molecule has 0 aliphatic rings. The lowest BCUT2D eigenvalue weighted by Gasteiger charge is -1.94. The Hall–Kier alpha value is -2.10. The zero-order valence-corrected chi connectivity index (χ0v) is 8.00. The summed E-state index contributed by atoms with van der Waals surface area (Å²) in [5.41, 5.74) is 1.72. The van der Waals surface area contributed by atoms with Crippen molar-refractivity contribution in [3.05, 3.63) is 48.9 Å². The van der Waals surface area contributed by atoms with Crippen molar-refractivity contribution in [2.24, 2.45) is 0 Å². The Morgan fingerprint density at radius 1 is 1.27 bits per heavy atom. The summed E-state index contributed by atoms with van der Waals surface area (Å²) in [6.45, 7) is 0.620. The number of fused-ring (bicyclic) bond motifs is 1. The Bertz CT molecular complexity index is 535. The lowest BCUT2D eigenvalue weighted by molar-refractivity contribution is 0.509. The van der Waals surface area contributed by atoms with Gasteiger partial charge >= 0.3 is 0 Å². The zero-order valence-electron chi connectivity index (χ0n) is 8.00. The van der Waals surface area contributed by atoms with Crippen LogP contribution in [0, 0.1) is 0 Å². The molecule has 0 saturated heterocycles. The molecular formula is C11H9N3O. The van der Waals surface area contributed by atoms with Gasteiger partial charge in [-0.15, -0.1) is 0 Å². The largest absolute Gasteiger partial charge is 0.439 e. The van der Waals surface area contributed by atoms with Crippen molar-refractivity contribution in [1.29, 1.82) is 0 Å². The van der Waals surface area contributed by atoms with Crippen molar-refractivity contribution in [3.8, 4) is 0 Å². The molecule has 74 valence electrons. The van der Waals surface area contributed by atoms with E-state index in [0.29, 0.717) is 12.4 Å². The van der Waals surface area contributed by atoms with E-state index in [1.807, 2.05) is 35.0 Å². The summed E-state index contributed by atoms with van der Waals surface area (Å²) in [6, 6.07) is 7.75. The highest BCUT2D eigenvalue weighted by molar-refractivity contribution is 5.72. The number of nitrogens with zero attached hydrogens (tertiary/aromatic N) is 3. The van der Waals surface area contributed by atoms with Crippen LogP contribution in [-0.2, 0) is 6.54 Å². The highest BCUT2D eigenvalue weighted by Gasteiger charge is 2.04. The summed E-state index contributed by atoms with van der Waals surface area (Å²) < 4.78 is 7.50. The van der Waals surface area contributed by atoms with Crippen molar-refractivity contribution in [3.63, 3.8) is 0 Å². The maximum atomic E-state index is 5.58. The number of hydrogen-bond donors (Lipinski definition) is 0. The van der Waals surface area contributed by atoms with Crippen LogP contribution in [0.15, 0.2) is 47.4 Å². The van der Waals surface area contributed by atoms with Crippen LogP contribution in [0.1, 0.15) is 5.89 Å². The molecule has 0 unspecified atom stereocenters. The molecule has 15 heavy (non-hydrogen) atoms. The first-order valence-corrected chi connectivity index (χ1v) is 4.72. The van der Waals surface area contributed by atoms with Crippen molar-refractivity contribution in [2.75, 3.05) is 0 Å². The molecule has 0 amide bonds. The van der Waals surface area contributed by atoms with Crippen molar-refractivity contribution >= 4 is 11.1 Å².